The fourth-order valence-electron chi connectivity index (χ4n) is 1.54. The van der Waals surface area contributed by atoms with Crippen molar-refractivity contribution in [3.05, 3.63) is 50.7 Å². The summed E-state index contributed by atoms with van der Waals surface area (Å²) >= 11 is 10.8. The minimum absolute atomic E-state index is 0.172. The summed E-state index contributed by atoms with van der Waals surface area (Å²) in [7, 11) is 1.55. The van der Waals surface area contributed by atoms with Gasteiger partial charge in [-0.05, 0) is 29.1 Å². The number of alkyl halides is 1. The van der Waals surface area contributed by atoms with Gasteiger partial charge in [0.2, 0.25) is 0 Å². The molecule has 6 heteroatoms. The molecule has 1 nitrogen and oxygen atoms in total. The van der Waals surface area contributed by atoms with Gasteiger partial charge in [-0.3, -0.25) is 0 Å². The molecule has 0 spiro atoms. The molecule has 0 aliphatic carbocycles. The van der Waals surface area contributed by atoms with Crippen molar-refractivity contribution in [3.8, 4) is 5.75 Å². The minimum atomic E-state index is -0.957. The highest BCUT2D eigenvalue weighted by Crippen LogP contribution is 2.42. The minimum Gasteiger partial charge on any atom is -0.496 e. The monoisotopic (exact) mass is 352 g/mol. The normalized spacial score (nSPS) is 12.5. The first-order valence-corrected chi connectivity index (χ1v) is 7.11. The third-order valence-corrected chi connectivity index (χ3v) is 4.96. The fraction of sp³-hybridized carbons (Fsp3) is 0.167. The zero-order chi connectivity index (χ0) is 13.3. The van der Waals surface area contributed by atoms with Crippen LogP contribution in [0.4, 0.5) is 8.78 Å². The first-order valence-electron chi connectivity index (χ1n) is 4.94. The predicted molar refractivity (Wildman–Crippen MR) is 73.0 cm³/mol. The molecular weight excluding hydrogens is 346 g/mol. The van der Waals surface area contributed by atoms with E-state index in [4.69, 9.17) is 16.3 Å². The van der Waals surface area contributed by atoms with E-state index < -0.39 is 11.6 Å². The van der Waals surface area contributed by atoms with E-state index in [9.17, 15) is 8.78 Å². The Balaban J connectivity index is 2.46. The maximum absolute atomic E-state index is 13.3. The lowest BCUT2D eigenvalue weighted by molar-refractivity contribution is 0.413. The van der Waals surface area contributed by atoms with Gasteiger partial charge in [-0.1, -0.05) is 27.5 Å². The summed E-state index contributed by atoms with van der Waals surface area (Å²) in [4.78, 5) is 0.514. The van der Waals surface area contributed by atoms with E-state index in [2.05, 4.69) is 15.9 Å². The van der Waals surface area contributed by atoms with Crippen molar-refractivity contribution in [2.24, 2.45) is 0 Å². The number of hydrogen-bond donors (Lipinski definition) is 0. The molecular formula is C12H8BrClF2OS. The Morgan fingerprint density at radius 1 is 1.33 bits per heavy atom. The standard InChI is InChI=1S/C12H8BrClF2OS/c1-17-10-2-3-18-12(10)11(13)6-4-8(15)9(16)5-7(6)14/h2-5,11H,1H3. The summed E-state index contributed by atoms with van der Waals surface area (Å²) in [5, 5.41) is 2.03. The van der Waals surface area contributed by atoms with Crippen LogP contribution >= 0.6 is 38.9 Å². The molecule has 1 atom stereocenters. The molecule has 96 valence electrons. The first kappa shape index (κ1) is 13.8. The lowest BCUT2D eigenvalue weighted by Crippen LogP contribution is -1.97. The second kappa shape index (κ2) is 5.55. The van der Waals surface area contributed by atoms with Gasteiger partial charge in [0.25, 0.3) is 0 Å². The summed E-state index contributed by atoms with van der Waals surface area (Å²) in [6.45, 7) is 0. The van der Waals surface area contributed by atoms with Crippen LogP contribution in [-0.2, 0) is 0 Å². The third kappa shape index (κ3) is 2.53. The summed E-state index contributed by atoms with van der Waals surface area (Å²) in [6.07, 6.45) is 0. The van der Waals surface area contributed by atoms with Crippen LogP contribution in [0.2, 0.25) is 5.02 Å². The molecule has 0 saturated carbocycles. The number of halogens is 4. The van der Waals surface area contributed by atoms with Gasteiger partial charge >= 0.3 is 0 Å². The molecule has 0 fully saturated rings. The highest BCUT2D eigenvalue weighted by atomic mass is 79.9. The second-order valence-corrected chi connectivity index (χ2v) is 5.77. The Hall–Kier alpha value is -0.650. The number of rotatable bonds is 3. The van der Waals surface area contributed by atoms with Crippen LogP contribution in [0.15, 0.2) is 23.6 Å². The summed E-state index contributed by atoms with van der Waals surface area (Å²) in [6, 6.07) is 3.87. The van der Waals surface area contributed by atoms with Gasteiger partial charge < -0.3 is 4.74 Å². The maximum atomic E-state index is 13.3. The second-order valence-electron chi connectivity index (χ2n) is 3.50. The van der Waals surface area contributed by atoms with Crippen LogP contribution in [0.5, 0.6) is 5.75 Å². The third-order valence-electron chi connectivity index (χ3n) is 2.42. The van der Waals surface area contributed by atoms with E-state index >= 15 is 0 Å². The van der Waals surface area contributed by atoms with Crippen LogP contribution < -0.4 is 4.74 Å². The lowest BCUT2D eigenvalue weighted by Gasteiger charge is -2.12. The number of thiophene rings is 1. The number of ether oxygens (including phenoxy) is 1. The van der Waals surface area contributed by atoms with Gasteiger partial charge in [0.15, 0.2) is 11.6 Å². The lowest BCUT2D eigenvalue weighted by atomic mass is 10.1. The van der Waals surface area contributed by atoms with E-state index in [0.717, 1.165) is 17.0 Å². The molecule has 0 amide bonds. The zero-order valence-corrected chi connectivity index (χ0v) is 12.4. The highest BCUT2D eigenvalue weighted by molar-refractivity contribution is 9.09. The Bertz CT molecular complexity index is 573. The average Bonchev–Trinajstić information content (AvgIpc) is 2.81. The van der Waals surface area contributed by atoms with Crippen molar-refractivity contribution in [3.63, 3.8) is 0 Å². The molecule has 0 bridgehead atoms. The number of methoxy groups -OCH3 is 1. The van der Waals surface area contributed by atoms with Crippen molar-refractivity contribution in [1.29, 1.82) is 0 Å². The molecule has 18 heavy (non-hydrogen) atoms. The molecule has 2 rings (SSSR count). The van der Waals surface area contributed by atoms with Gasteiger partial charge in [-0.15, -0.1) is 11.3 Å². The zero-order valence-electron chi connectivity index (χ0n) is 9.22. The smallest absolute Gasteiger partial charge is 0.160 e. The van der Waals surface area contributed by atoms with Crippen molar-refractivity contribution >= 4 is 38.9 Å². The van der Waals surface area contributed by atoms with Crippen LogP contribution in [0.1, 0.15) is 15.3 Å². The van der Waals surface area contributed by atoms with Crippen molar-refractivity contribution in [1.82, 2.24) is 0 Å². The first-order chi connectivity index (χ1) is 8.54. The predicted octanol–water partition coefficient (Wildman–Crippen LogP) is 5.17. The topological polar surface area (TPSA) is 9.23 Å². The van der Waals surface area contributed by atoms with Gasteiger partial charge in [-0.25, -0.2) is 8.78 Å². The van der Waals surface area contributed by atoms with E-state index in [1.165, 1.54) is 11.3 Å². The Kier molecular flexibility index (Phi) is 4.25. The molecule has 0 aliphatic rings. The average molecular weight is 354 g/mol. The molecule has 1 heterocycles. The Labute approximate surface area is 120 Å². The Morgan fingerprint density at radius 2 is 2.00 bits per heavy atom. The van der Waals surface area contributed by atoms with E-state index in [1.54, 1.807) is 7.11 Å². The van der Waals surface area contributed by atoms with Gasteiger partial charge in [0, 0.05) is 5.02 Å². The van der Waals surface area contributed by atoms with E-state index in [1.807, 2.05) is 11.4 Å². The van der Waals surface area contributed by atoms with Crippen molar-refractivity contribution < 1.29 is 13.5 Å². The van der Waals surface area contributed by atoms with E-state index in [-0.39, 0.29) is 9.85 Å². The maximum Gasteiger partial charge on any atom is 0.160 e. The fourth-order valence-corrected chi connectivity index (χ4v) is 3.71. The molecule has 1 unspecified atom stereocenters. The number of hydrogen-bond acceptors (Lipinski definition) is 2. The molecule has 1 aromatic carbocycles. The Morgan fingerprint density at radius 3 is 2.67 bits per heavy atom. The van der Waals surface area contributed by atoms with Crippen molar-refractivity contribution in [2.45, 2.75) is 4.83 Å². The van der Waals surface area contributed by atoms with Crippen LogP contribution in [0.25, 0.3) is 0 Å². The highest BCUT2D eigenvalue weighted by Gasteiger charge is 2.21. The molecule has 0 radical (unpaired) electrons. The molecule has 2 aromatic rings. The van der Waals surface area contributed by atoms with Crippen LogP contribution in [0, 0.1) is 11.6 Å². The molecule has 1 aromatic heterocycles. The van der Waals surface area contributed by atoms with Crippen LogP contribution in [-0.4, -0.2) is 7.11 Å². The molecule has 0 saturated heterocycles. The van der Waals surface area contributed by atoms with Gasteiger partial charge in [-0.2, -0.15) is 0 Å². The SMILES string of the molecule is COc1ccsc1C(Br)c1cc(F)c(F)cc1Cl. The summed E-state index contributed by atoms with van der Waals surface area (Å²) < 4.78 is 31.5. The largest absolute Gasteiger partial charge is 0.496 e. The van der Waals surface area contributed by atoms with Gasteiger partial charge in [0.1, 0.15) is 5.75 Å². The summed E-state index contributed by atoms with van der Waals surface area (Å²) in [5.74, 6) is -1.20. The molecule has 0 aliphatic heterocycles. The summed E-state index contributed by atoms with van der Waals surface area (Å²) in [5.41, 5.74) is 0.469. The number of benzene rings is 1. The molecule has 0 N–H and O–H groups in total. The van der Waals surface area contributed by atoms with E-state index in [0.29, 0.717) is 11.3 Å². The van der Waals surface area contributed by atoms with Gasteiger partial charge in [0.05, 0.1) is 16.8 Å². The van der Waals surface area contributed by atoms with Crippen LogP contribution in [0.3, 0.4) is 0 Å². The van der Waals surface area contributed by atoms with Crippen molar-refractivity contribution in [2.75, 3.05) is 7.11 Å². The quantitative estimate of drug-likeness (QED) is 0.546.